The molecule has 6 nitrogen and oxygen atoms in total. The zero-order valence-electron chi connectivity index (χ0n) is 16.1. The van der Waals surface area contributed by atoms with Crippen LogP contribution in [0.2, 0.25) is 0 Å². The number of pyridine rings is 1. The summed E-state index contributed by atoms with van der Waals surface area (Å²) in [5.74, 6) is 1.67. The Morgan fingerprint density at radius 3 is 2.44 bits per heavy atom. The molecule has 0 spiro atoms. The fourth-order valence-electron chi connectivity index (χ4n) is 3.30. The van der Waals surface area contributed by atoms with Crippen LogP contribution in [0.15, 0.2) is 30.5 Å². The first-order valence-electron chi connectivity index (χ1n) is 9.23. The molecule has 0 aliphatic heterocycles. The van der Waals surface area contributed by atoms with Gasteiger partial charge in [0.05, 0.1) is 14.2 Å². The molecule has 0 atom stereocenters. The molecule has 1 fully saturated rings. The predicted octanol–water partition coefficient (Wildman–Crippen LogP) is 3.66. The van der Waals surface area contributed by atoms with Gasteiger partial charge in [0.1, 0.15) is 17.6 Å². The lowest BCUT2D eigenvalue weighted by Crippen LogP contribution is -2.23. The molecule has 0 bridgehead atoms. The van der Waals surface area contributed by atoms with E-state index >= 15 is 0 Å². The molecular weight excluding hydrogens is 344 g/mol. The number of hydrogen-bond donors (Lipinski definition) is 1. The Hall–Kier alpha value is -2.76. The molecule has 0 radical (unpaired) electrons. The summed E-state index contributed by atoms with van der Waals surface area (Å²) in [7, 11) is 3.15. The predicted molar refractivity (Wildman–Crippen MR) is 103 cm³/mol. The van der Waals surface area contributed by atoms with Gasteiger partial charge in [0.15, 0.2) is 0 Å². The van der Waals surface area contributed by atoms with Gasteiger partial charge in [-0.05, 0) is 56.4 Å². The van der Waals surface area contributed by atoms with Crippen molar-refractivity contribution in [3.05, 3.63) is 47.2 Å². The van der Waals surface area contributed by atoms with E-state index in [4.69, 9.17) is 14.2 Å². The van der Waals surface area contributed by atoms with Gasteiger partial charge in [0, 0.05) is 29.9 Å². The quantitative estimate of drug-likeness (QED) is 0.805. The number of nitrogens with zero attached hydrogens (tertiary/aromatic N) is 1. The highest BCUT2D eigenvalue weighted by molar-refractivity contribution is 5.95. The molecule has 1 aliphatic rings. The van der Waals surface area contributed by atoms with Crippen LogP contribution in [0.4, 0.5) is 0 Å². The second-order valence-corrected chi connectivity index (χ2v) is 6.72. The van der Waals surface area contributed by atoms with Crippen molar-refractivity contribution >= 4 is 5.91 Å². The van der Waals surface area contributed by atoms with Crippen molar-refractivity contribution in [2.45, 2.75) is 45.3 Å². The Balaban J connectivity index is 1.65. The molecule has 2 aromatic rings. The van der Waals surface area contributed by atoms with Gasteiger partial charge in [-0.25, -0.2) is 4.98 Å². The molecule has 1 aliphatic carbocycles. The molecule has 27 heavy (non-hydrogen) atoms. The van der Waals surface area contributed by atoms with Crippen molar-refractivity contribution in [2.24, 2.45) is 0 Å². The smallest absolute Gasteiger partial charge is 0.251 e. The lowest BCUT2D eigenvalue weighted by Gasteiger charge is -2.14. The number of aromatic nitrogens is 1. The van der Waals surface area contributed by atoms with Crippen molar-refractivity contribution < 1.29 is 19.0 Å². The Labute approximate surface area is 159 Å². The van der Waals surface area contributed by atoms with Crippen LogP contribution in [0.3, 0.4) is 0 Å². The van der Waals surface area contributed by atoms with Crippen molar-refractivity contribution in [3.8, 4) is 17.4 Å². The lowest BCUT2D eigenvalue weighted by molar-refractivity contribution is 0.0950. The van der Waals surface area contributed by atoms with Crippen LogP contribution in [0.25, 0.3) is 0 Å². The summed E-state index contributed by atoms with van der Waals surface area (Å²) in [6, 6.07) is 7.19. The van der Waals surface area contributed by atoms with Crippen LogP contribution in [-0.4, -0.2) is 31.2 Å². The van der Waals surface area contributed by atoms with E-state index in [9.17, 15) is 4.79 Å². The first-order valence-corrected chi connectivity index (χ1v) is 9.23. The second kappa shape index (κ2) is 8.75. The normalized spacial score (nSPS) is 14.0. The molecule has 0 saturated heterocycles. The van der Waals surface area contributed by atoms with Crippen LogP contribution in [-0.2, 0) is 6.54 Å². The van der Waals surface area contributed by atoms with Gasteiger partial charge in [0.2, 0.25) is 5.88 Å². The average molecular weight is 370 g/mol. The highest BCUT2D eigenvalue weighted by Crippen LogP contribution is 2.29. The van der Waals surface area contributed by atoms with E-state index < -0.39 is 0 Å². The van der Waals surface area contributed by atoms with Crippen LogP contribution < -0.4 is 19.5 Å². The van der Waals surface area contributed by atoms with Crippen molar-refractivity contribution in [3.63, 3.8) is 0 Å². The summed E-state index contributed by atoms with van der Waals surface area (Å²) in [5.41, 5.74) is 2.29. The van der Waals surface area contributed by atoms with Crippen LogP contribution in [0.5, 0.6) is 17.4 Å². The Kier molecular flexibility index (Phi) is 6.16. The summed E-state index contributed by atoms with van der Waals surface area (Å²) in [5, 5.41) is 2.92. The first kappa shape index (κ1) is 19.0. The summed E-state index contributed by atoms with van der Waals surface area (Å²) in [4.78, 5) is 16.8. The largest absolute Gasteiger partial charge is 0.496 e. The third-order valence-corrected chi connectivity index (χ3v) is 4.86. The molecule has 3 rings (SSSR count). The number of hydrogen-bond acceptors (Lipinski definition) is 5. The van der Waals surface area contributed by atoms with Gasteiger partial charge in [0.25, 0.3) is 5.91 Å². The van der Waals surface area contributed by atoms with Crippen molar-refractivity contribution in [1.29, 1.82) is 0 Å². The minimum absolute atomic E-state index is 0.193. The Bertz CT molecular complexity index is 776. The maximum Gasteiger partial charge on any atom is 0.251 e. The van der Waals surface area contributed by atoms with E-state index in [1.54, 1.807) is 32.5 Å². The van der Waals surface area contributed by atoms with E-state index in [-0.39, 0.29) is 12.0 Å². The third-order valence-electron chi connectivity index (χ3n) is 4.86. The van der Waals surface area contributed by atoms with E-state index in [2.05, 4.69) is 10.3 Å². The van der Waals surface area contributed by atoms with Crippen LogP contribution in [0, 0.1) is 6.92 Å². The second-order valence-electron chi connectivity index (χ2n) is 6.72. The molecule has 1 amide bonds. The number of carbonyl (C=O) groups excluding carboxylic acids is 1. The van der Waals surface area contributed by atoms with Gasteiger partial charge in [-0.3, -0.25) is 4.79 Å². The first-order chi connectivity index (χ1) is 13.1. The summed E-state index contributed by atoms with van der Waals surface area (Å²) in [6.07, 6.45) is 6.56. The number of amides is 1. The summed E-state index contributed by atoms with van der Waals surface area (Å²) >= 11 is 0. The fraction of sp³-hybridized carbons (Fsp3) is 0.429. The monoisotopic (exact) mass is 370 g/mol. The van der Waals surface area contributed by atoms with Crippen LogP contribution in [0.1, 0.15) is 47.2 Å². The molecule has 1 aromatic heterocycles. The van der Waals surface area contributed by atoms with Gasteiger partial charge in [-0.15, -0.1) is 0 Å². The summed E-state index contributed by atoms with van der Waals surface area (Å²) < 4.78 is 16.6. The van der Waals surface area contributed by atoms with Gasteiger partial charge in [-0.1, -0.05) is 0 Å². The van der Waals surface area contributed by atoms with Gasteiger partial charge < -0.3 is 19.5 Å². The maximum absolute atomic E-state index is 12.6. The molecule has 6 heteroatoms. The Morgan fingerprint density at radius 2 is 1.81 bits per heavy atom. The van der Waals surface area contributed by atoms with Crippen molar-refractivity contribution in [2.75, 3.05) is 14.2 Å². The lowest BCUT2D eigenvalue weighted by atomic mass is 10.1. The highest BCUT2D eigenvalue weighted by atomic mass is 16.5. The van der Waals surface area contributed by atoms with Crippen molar-refractivity contribution in [1.82, 2.24) is 10.3 Å². The van der Waals surface area contributed by atoms with E-state index in [1.807, 2.05) is 19.1 Å². The molecular formula is C21H26N2O4. The number of ether oxygens (including phenoxy) is 3. The number of benzene rings is 1. The highest BCUT2D eigenvalue weighted by Gasteiger charge is 2.17. The van der Waals surface area contributed by atoms with E-state index in [1.165, 1.54) is 12.8 Å². The average Bonchev–Trinajstić information content (AvgIpc) is 3.19. The number of carbonyl (C=O) groups is 1. The van der Waals surface area contributed by atoms with E-state index in [0.29, 0.717) is 29.5 Å². The zero-order chi connectivity index (χ0) is 19.2. The maximum atomic E-state index is 12.6. The minimum Gasteiger partial charge on any atom is -0.496 e. The van der Waals surface area contributed by atoms with Gasteiger partial charge in [-0.2, -0.15) is 0 Å². The zero-order valence-corrected chi connectivity index (χ0v) is 16.1. The van der Waals surface area contributed by atoms with Gasteiger partial charge >= 0.3 is 0 Å². The van der Waals surface area contributed by atoms with E-state index in [0.717, 1.165) is 24.0 Å². The SMILES string of the molecule is COc1cc(C(=O)NCc2ccnc(OC3CCCC3)c2)cc(OC)c1C. The molecule has 1 aromatic carbocycles. The number of methoxy groups -OCH3 is 2. The molecule has 1 saturated carbocycles. The third kappa shape index (κ3) is 4.70. The molecule has 1 heterocycles. The molecule has 1 N–H and O–H groups in total. The Morgan fingerprint density at radius 1 is 1.15 bits per heavy atom. The number of rotatable bonds is 7. The van der Waals surface area contributed by atoms with Crippen LogP contribution >= 0.6 is 0 Å². The standard InChI is InChI=1S/C21H26N2O4/c1-14-18(25-2)11-16(12-19(14)26-3)21(24)23-13-15-8-9-22-20(10-15)27-17-6-4-5-7-17/h8-12,17H,4-7,13H2,1-3H3,(H,23,24). The topological polar surface area (TPSA) is 69.7 Å². The minimum atomic E-state index is -0.193. The molecule has 0 unspecified atom stereocenters. The molecule has 144 valence electrons. The number of nitrogens with one attached hydrogen (secondary N) is 1. The fourth-order valence-corrected chi connectivity index (χ4v) is 3.30. The summed E-state index contributed by atoms with van der Waals surface area (Å²) in [6.45, 7) is 2.28.